The molecule has 25 heavy (non-hydrogen) atoms. The number of nitrogens with two attached hydrogens (primary N) is 1. The summed E-state index contributed by atoms with van der Waals surface area (Å²) in [6, 6.07) is 7.13. The Balaban J connectivity index is 1.71. The Hall–Kier alpha value is -2.57. The number of benzene rings is 1. The van der Waals surface area contributed by atoms with Crippen LogP contribution in [0.2, 0.25) is 0 Å². The molecule has 0 bridgehead atoms. The summed E-state index contributed by atoms with van der Waals surface area (Å²) in [7, 11) is 0. The first-order valence-corrected chi connectivity index (χ1v) is 8.63. The molecule has 7 heteroatoms. The number of aromatic nitrogens is 1. The highest BCUT2D eigenvalue weighted by atomic mass is 16.4. The molecule has 1 aliphatic heterocycles. The van der Waals surface area contributed by atoms with Crippen molar-refractivity contribution in [1.29, 1.82) is 0 Å². The SMILES string of the molecule is CCC1(C(N)=O)CCCN(C(=O)CCn2c(=O)oc3ccccc32)C1. The number of amides is 2. The van der Waals surface area contributed by atoms with Gasteiger partial charge in [0.15, 0.2) is 5.58 Å². The second kappa shape index (κ2) is 6.74. The first-order valence-electron chi connectivity index (χ1n) is 8.63. The highest BCUT2D eigenvalue weighted by Gasteiger charge is 2.40. The van der Waals surface area contributed by atoms with Crippen LogP contribution in [0.5, 0.6) is 0 Å². The molecule has 2 heterocycles. The standard InChI is InChI=1S/C18H23N3O4/c1-2-18(16(19)23)9-5-10-20(12-18)15(22)8-11-21-13-6-3-4-7-14(13)25-17(21)24/h3-4,6-7H,2,5,8-12H2,1H3,(H2,19,23). The van der Waals surface area contributed by atoms with Gasteiger partial charge >= 0.3 is 5.76 Å². The highest BCUT2D eigenvalue weighted by molar-refractivity contribution is 5.83. The monoisotopic (exact) mass is 345 g/mol. The van der Waals surface area contributed by atoms with Gasteiger partial charge in [-0.25, -0.2) is 4.79 Å². The van der Waals surface area contributed by atoms with Crippen LogP contribution in [0.25, 0.3) is 11.1 Å². The molecule has 2 N–H and O–H groups in total. The van der Waals surface area contributed by atoms with Crippen LogP contribution < -0.4 is 11.5 Å². The summed E-state index contributed by atoms with van der Waals surface area (Å²) in [5.41, 5.74) is 6.13. The van der Waals surface area contributed by atoms with Gasteiger partial charge in [-0.3, -0.25) is 14.2 Å². The van der Waals surface area contributed by atoms with Gasteiger partial charge in [0.1, 0.15) is 0 Å². The van der Waals surface area contributed by atoms with Crippen molar-refractivity contribution in [2.24, 2.45) is 11.1 Å². The predicted octanol–water partition coefficient (Wildman–Crippen LogP) is 1.49. The van der Waals surface area contributed by atoms with Gasteiger partial charge in [0, 0.05) is 26.1 Å². The van der Waals surface area contributed by atoms with Crippen LogP contribution in [0.1, 0.15) is 32.6 Å². The summed E-state index contributed by atoms with van der Waals surface area (Å²) >= 11 is 0. The summed E-state index contributed by atoms with van der Waals surface area (Å²) in [4.78, 5) is 38.1. The molecule has 1 aromatic heterocycles. The van der Waals surface area contributed by atoms with Crippen molar-refractivity contribution >= 4 is 22.9 Å². The number of carbonyl (C=O) groups excluding carboxylic acids is 2. The van der Waals surface area contributed by atoms with Crippen LogP contribution in [0, 0.1) is 5.41 Å². The van der Waals surface area contributed by atoms with E-state index in [0.717, 1.165) is 6.42 Å². The van der Waals surface area contributed by atoms with Gasteiger partial charge in [-0.05, 0) is 31.4 Å². The van der Waals surface area contributed by atoms with Gasteiger partial charge in [-0.2, -0.15) is 0 Å². The molecule has 0 spiro atoms. The molecular weight excluding hydrogens is 322 g/mol. The van der Waals surface area contributed by atoms with E-state index in [0.29, 0.717) is 37.0 Å². The number of fused-ring (bicyclic) bond motifs is 1. The lowest BCUT2D eigenvalue weighted by atomic mass is 9.77. The van der Waals surface area contributed by atoms with E-state index in [9.17, 15) is 14.4 Å². The maximum absolute atomic E-state index is 12.6. The van der Waals surface area contributed by atoms with Gasteiger partial charge in [0.25, 0.3) is 0 Å². The van der Waals surface area contributed by atoms with E-state index < -0.39 is 11.2 Å². The second-order valence-electron chi connectivity index (χ2n) is 6.65. The minimum Gasteiger partial charge on any atom is -0.408 e. The van der Waals surface area contributed by atoms with Gasteiger partial charge < -0.3 is 15.1 Å². The fourth-order valence-electron chi connectivity index (χ4n) is 3.60. The van der Waals surface area contributed by atoms with Crippen LogP contribution in [0.4, 0.5) is 0 Å². The molecule has 3 rings (SSSR count). The maximum Gasteiger partial charge on any atom is 0.419 e. The Bertz CT molecular complexity index is 853. The molecule has 134 valence electrons. The molecule has 7 nitrogen and oxygen atoms in total. The smallest absolute Gasteiger partial charge is 0.408 e. The first-order chi connectivity index (χ1) is 12.0. The summed E-state index contributed by atoms with van der Waals surface area (Å²) < 4.78 is 6.65. The number of hydrogen-bond donors (Lipinski definition) is 1. The average molecular weight is 345 g/mol. The van der Waals surface area contributed by atoms with E-state index >= 15 is 0 Å². The second-order valence-corrected chi connectivity index (χ2v) is 6.65. The lowest BCUT2D eigenvalue weighted by molar-refractivity contribution is -0.140. The lowest BCUT2D eigenvalue weighted by Gasteiger charge is -2.40. The summed E-state index contributed by atoms with van der Waals surface area (Å²) in [5.74, 6) is -0.881. The number of aryl methyl sites for hydroxylation is 1. The Morgan fingerprint density at radius 3 is 2.80 bits per heavy atom. The maximum atomic E-state index is 12.6. The van der Waals surface area contributed by atoms with Crippen molar-refractivity contribution in [3.63, 3.8) is 0 Å². The number of hydrogen-bond acceptors (Lipinski definition) is 4. The van der Waals surface area contributed by atoms with Crippen LogP contribution in [0.15, 0.2) is 33.5 Å². The van der Waals surface area contributed by atoms with Crippen LogP contribution in [-0.2, 0) is 16.1 Å². The molecule has 0 radical (unpaired) electrons. The number of likely N-dealkylation sites (tertiary alicyclic amines) is 1. The Morgan fingerprint density at radius 2 is 2.08 bits per heavy atom. The fourth-order valence-corrected chi connectivity index (χ4v) is 3.60. The zero-order valence-corrected chi connectivity index (χ0v) is 14.4. The van der Waals surface area contributed by atoms with Gasteiger partial charge in [0.05, 0.1) is 10.9 Å². The third kappa shape index (κ3) is 3.18. The van der Waals surface area contributed by atoms with Crippen molar-refractivity contribution in [1.82, 2.24) is 9.47 Å². The number of carbonyl (C=O) groups is 2. The number of piperidine rings is 1. The molecule has 1 unspecified atom stereocenters. The zero-order valence-electron chi connectivity index (χ0n) is 14.4. The lowest BCUT2D eigenvalue weighted by Crippen LogP contribution is -2.52. The van der Waals surface area contributed by atoms with E-state index in [1.165, 1.54) is 4.57 Å². The summed E-state index contributed by atoms with van der Waals surface area (Å²) in [5, 5.41) is 0. The van der Waals surface area contributed by atoms with Crippen LogP contribution >= 0.6 is 0 Å². The molecule has 1 atom stereocenters. The third-order valence-corrected chi connectivity index (χ3v) is 5.25. The molecule has 2 amide bonds. The van der Waals surface area contributed by atoms with Crippen molar-refractivity contribution in [3.05, 3.63) is 34.8 Å². The molecular formula is C18H23N3O4. The minimum atomic E-state index is -0.632. The first kappa shape index (κ1) is 17.3. The third-order valence-electron chi connectivity index (χ3n) is 5.25. The van der Waals surface area contributed by atoms with E-state index in [1.807, 2.05) is 13.0 Å². The van der Waals surface area contributed by atoms with Crippen molar-refractivity contribution in [2.45, 2.75) is 39.2 Å². The van der Waals surface area contributed by atoms with E-state index in [4.69, 9.17) is 10.2 Å². The van der Waals surface area contributed by atoms with E-state index in [1.54, 1.807) is 23.1 Å². The molecule has 2 aromatic rings. The quantitative estimate of drug-likeness (QED) is 0.887. The molecule has 0 saturated carbocycles. The van der Waals surface area contributed by atoms with Crippen molar-refractivity contribution in [2.75, 3.05) is 13.1 Å². The number of nitrogens with zero attached hydrogens (tertiary/aromatic N) is 2. The Morgan fingerprint density at radius 1 is 1.32 bits per heavy atom. The number of oxazole rings is 1. The van der Waals surface area contributed by atoms with Crippen LogP contribution in [0.3, 0.4) is 0 Å². The molecule has 1 aromatic carbocycles. The topological polar surface area (TPSA) is 98.5 Å². The molecule has 1 aliphatic rings. The van der Waals surface area contributed by atoms with Gasteiger partial charge in [-0.1, -0.05) is 19.1 Å². The molecule has 1 fully saturated rings. The van der Waals surface area contributed by atoms with Crippen molar-refractivity contribution < 1.29 is 14.0 Å². The fraction of sp³-hybridized carbons (Fsp3) is 0.500. The summed E-state index contributed by atoms with van der Waals surface area (Å²) in [6.07, 6.45) is 2.28. The van der Waals surface area contributed by atoms with E-state index in [-0.39, 0.29) is 24.8 Å². The Kier molecular flexibility index (Phi) is 4.65. The minimum absolute atomic E-state index is 0.0732. The largest absolute Gasteiger partial charge is 0.419 e. The number of para-hydroxylation sites is 2. The van der Waals surface area contributed by atoms with E-state index in [2.05, 4.69) is 0 Å². The predicted molar refractivity (Wildman–Crippen MR) is 92.8 cm³/mol. The van der Waals surface area contributed by atoms with Crippen LogP contribution in [-0.4, -0.2) is 34.4 Å². The number of primary amides is 1. The average Bonchev–Trinajstić information content (AvgIpc) is 2.94. The van der Waals surface area contributed by atoms with Crippen molar-refractivity contribution in [3.8, 4) is 0 Å². The number of rotatable bonds is 5. The Labute approximate surface area is 145 Å². The summed E-state index contributed by atoms with van der Waals surface area (Å²) in [6.45, 7) is 3.16. The normalized spacial score (nSPS) is 20.8. The highest BCUT2D eigenvalue weighted by Crippen LogP contribution is 2.33. The molecule has 0 aliphatic carbocycles. The van der Waals surface area contributed by atoms with Gasteiger partial charge in [0.2, 0.25) is 11.8 Å². The zero-order chi connectivity index (χ0) is 18.0. The molecule has 1 saturated heterocycles. The van der Waals surface area contributed by atoms with Gasteiger partial charge in [-0.15, -0.1) is 0 Å².